The number of carboxylic acids is 1. The van der Waals surface area contributed by atoms with Crippen molar-refractivity contribution in [2.24, 2.45) is 0 Å². The smallest absolute Gasteiger partial charge is 0.310 e. The Morgan fingerprint density at radius 1 is 1.31 bits per heavy atom. The average molecular weight is 182 g/mol. The van der Waals surface area contributed by atoms with Gasteiger partial charge in [0.15, 0.2) is 11.5 Å². The zero-order chi connectivity index (χ0) is 10.0. The van der Waals surface area contributed by atoms with E-state index in [-0.39, 0.29) is 11.5 Å². The van der Waals surface area contributed by atoms with Crippen LogP contribution >= 0.6 is 0 Å². The van der Waals surface area contributed by atoms with Gasteiger partial charge in [-0.25, -0.2) is 0 Å². The first-order valence-corrected chi connectivity index (χ1v) is 3.77. The highest BCUT2D eigenvalue weighted by atomic mass is 16.4. The molecule has 0 fully saturated rings. The molecule has 0 aliphatic rings. The molecule has 0 bridgehead atoms. The van der Waals surface area contributed by atoms with Crippen LogP contribution in [-0.4, -0.2) is 21.3 Å². The summed E-state index contributed by atoms with van der Waals surface area (Å²) in [5.41, 5.74) is 0.461. The van der Waals surface area contributed by atoms with Crippen molar-refractivity contribution >= 4 is 5.97 Å². The molecule has 0 aliphatic carbocycles. The Morgan fingerprint density at radius 2 is 1.92 bits per heavy atom. The second kappa shape index (κ2) is 3.35. The zero-order valence-electron chi connectivity index (χ0n) is 7.06. The number of rotatable bonds is 2. The standard InChI is InChI=1S/C9H10O4/c1-5(9(12)13)6-2-3-7(10)8(11)4-6/h2-5,10-11H,1H3,(H,12,13). The lowest BCUT2D eigenvalue weighted by Gasteiger charge is -2.07. The maximum absolute atomic E-state index is 10.6. The van der Waals surface area contributed by atoms with Crippen LogP contribution in [0.15, 0.2) is 18.2 Å². The highest BCUT2D eigenvalue weighted by molar-refractivity contribution is 5.75. The van der Waals surface area contributed by atoms with Gasteiger partial charge in [-0.15, -0.1) is 0 Å². The summed E-state index contributed by atoms with van der Waals surface area (Å²) in [4.78, 5) is 10.6. The summed E-state index contributed by atoms with van der Waals surface area (Å²) in [6.07, 6.45) is 0. The highest BCUT2D eigenvalue weighted by Crippen LogP contribution is 2.28. The van der Waals surface area contributed by atoms with Crippen molar-refractivity contribution < 1.29 is 20.1 Å². The van der Waals surface area contributed by atoms with E-state index in [0.29, 0.717) is 5.56 Å². The van der Waals surface area contributed by atoms with E-state index < -0.39 is 11.9 Å². The molecular formula is C9H10O4. The molecule has 0 spiro atoms. The molecule has 0 aromatic heterocycles. The molecular weight excluding hydrogens is 172 g/mol. The topological polar surface area (TPSA) is 77.8 Å². The predicted molar refractivity (Wildman–Crippen MR) is 45.8 cm³/mol. The summed E-state index contributed by atoms with van der Waals surface area (Å²) >= 11 is 0. The summed E-state index contributed by atoms with van der Waals surface area (Å²) in [6, 6.07) is 3.98. The number of benzene rings is 1. The lowest BCUT2D eigenvalue weighted by molar-refractivity contribution is -0.138. The van der Waals surface area contributed by atoms with Crippen molar-refractivity contribution in [3.05, 3.63) is 23.8 Å². The molecule has 70 valence electrons. The van der Waals surface area contributed by atoms with Crippen molar-refractivity contribution in [2.75, 3.05) is 0 Å². The summed E-state index contributed by atoms with van der Waals surface area (Å²) in [7, 11) is 0. The van der Waals surface area contributed by atoms with E-state index in [1.165, 1.54) is 25.1 Å². The Balaban J connectivity index is 3.03. The van der Waals surface area contributed by atoms with E-state index in [0.717, 1.165) is 0 Å². The summed E-state index contributed by atoms with van der Waals surface area (Å²) in [5.74, 6) is -2.21. The molecule has 1 unspecified atom stereocenters. The van der Waals surface area contributed by atoms with Gasteiger partial charge in [-0.2, -0.15) is 0 Å². The molecule has 1 atom stereocenters. The van der Waals surface area contributed by atoms with E-state index in [4.69, 9.17) is 15.3 Å². The van der Waals surface area contributed by atoms with Gasteiger partial charge in [-0.1, -0.05) is 6.07 Å². The minimum absolute atomic E-state index is 0.249. The molecule has 1 aromatic rings. The number of phenolic OH excluding ortho intramolecular Hbond substituents is 2. The van der Waals surface area contributed by atoms with Crippen molar-refractivity contribution in [3.8, 4) is 11.5 Å². The fraction of sp³-hybridized carbons (Fsp3) is 0.222. The van der Waals surface area contributed by atoms with Crippen molar-refractivity contribution in [1.82, 2.24) is 0 Å². The lowest BCUT2D eigenvalue weighted by Crippen LogP contribution is -2.06. The van der Waals surface area contributed by atoms with Crippen molar-refractivity contribution in [2.45, 2.75) is 12.8 Å². The molecule has 0 saturated carbocycles. The molecule has 1 aromatic carbocycles. The molecule has 0 heterocycles. The van der Waals surface area contributed by atoms with Crippen LogP contribution in [0.25, 0.3) is 0 Å². The molecule has 13 heavy (non-hydrogen) atoms. The number of aliphatic carboxylic acids is 1. The van der Waals surface area contributed by atoms with Crippen LogP contribution in [0.1, 0.15) is 18.4 Å². The number of carbonyl (C=O) groups is 1. The van der Waals surface area contributed by atoms with Gasteiger partial charge in [-0.05, 0) is 24.6 Å². The second-order valence-electron chi connectivity index (χ2n) is 2.81. The van der Waals surface area contributed by atoms with E-state index in [2.05, 4.69) is 0 Å². The molecule has 0 amide bonds. The van der Waals surface area contributed by atoms with E-state index in [1.807, 2.05) is 0 Å². The maximum Gasteiger partial charge on any atom is 0.310 e. The monoisotopic (exact) mass is 182 g/mol. The highest BCUT2D eigenvalue weighted by Gasteiger charge is 2.14. The third-order valence-corrected chi connectivity index (χ3v) is 1.87. The van der Waals surface area contributed by atoms with Gasteiger partial charge < -0.3 is 15.3 Å². The molecule has 4 heteroatoms. The molecule has 0 saturated heterocycles. The van der Waals surface area contributed by atoms with Crippen LogP contribution in [0, 0.1) is 0 Å². The Labute approximate surface area is 75.1 Å². The van der Waals surface area contributed by atoms with Crippen LogP contribution in [0.3, 0.4) is 0 Å². The second-order valence-corrected chi connectivity index (χ2v) is 2.81. The van der Waals surface area contributed by atoms with Gasteiger partial charge in [0.05, 0.1) is 5.92 Å². The maximum atomic E-state index is 10.6. The molecule has 0 aliphatic heterocycles. The summed E-state index contributed by atoms with van der Waals surface area (Å²) in [5, 5.41) is 26.7. The first-order valence-electron chi connectivity index (χ1n) is 3.77. The number of hydrogen-bond acceptors (Lipinski definition) is 3. The predicted octanol–water partition coefficient (Wildman–Crippen LogP) is 1.29. The lowest BCUT2D eigenvalue weighted by atomic mass is 10.0. The number of phenols is 2. The fourth-order valence-electron chi connectivity index (χ4n) is 0.952. The third-order valence-electron chi connectivity index (χ3n) is 1.87. The Kier molecular flexibility index (Phi) is 2.41. The number of carboxylic acid groups (broad SMARTS) is 1. The summed E-state index contributed by atoms with van der Waals surface area (Å²) in [6.45, 7) is 1.51. The van der Waals surface area contributed by atoms with Crippen LogP contribution in [0.5, 0.6) is 11.5 Å². The first-order chi connectivity index (χ1) is 6.02. The zero-order valence-corrected chi connectivity index (χ0v) is 7.06. The third kappa shape index (κ3) is 1.90. The van der Waals surface area contributed by atoms with E-state index >= 15 is 0 Å². The van der Waals surface area contributed by atoms with Gasteiger partial charge in [-0.3, -0.25) is 4.79 Å². The van der Waals surface area contributed by atoms with Crippen molar-refractivity contribution in [1.29, 1.82) is 0 Å². The van der Waals surface area contributed by atoms with Gasteiger partial charge in [0, 0.05) is 0 Å². The summed E-state index contributed by atoms with van der Waals surface area (Å²) < 4.78 is 0. The van der Waals surface area contributed by atoms with Crippen LogP contribution in [0.2, 0.25) is 0 Å². The van der Waals surface area contributed by atoms with E-state index in [1.54, 1.807) is 0 Å². The Bertz CT molecular complexity index is 332. The van der Waals surface area contributed by atoms with E-state index in [9.17, 15) is 4.79 Å². The van der Waals surface area contributed by atoms with Gasteiger partial charge >= 0.3 is 5.97 Å². The molecule has 3 N–H and O–H groups in total. The minimum Gasteiger partial charge on any atom is -0.504 e. The Morgan fingerprint density at radius 3 is 2.38 bits per heavy atom. The Hall–Kier alpha value is -1.71. The first kappa shape index (κ1) is 9.38. The molecule has 4 nitrogen and oxygen atoms in total. The largest absolute Gasteiger partial charge is 0.504 e. The van der Waals surface area contributed by atoms with Crippen LogP contribution in [-0.2, 0) is 4.79 Å². The van der Waals surface area contributed by atoms with Crippen LogP contribution in [0.4, 0.5) is 0 Å². The van der Waals surface area contributed by atoms with Gasteiger partial charge in [0.25, 0.3) is 0 Å². The molecule has 0 radical (unpaired) electrons. The normalized spacial score (nSPS) is 12.4. The molecule has 1 rings (SSSR count). The SMILES string of the molecule is CC(C(=O)O)c1ccc(O)c(O)c1. The van der Waals surface area contributed by atoms with Gasteiger partial charge in [0.1, 0.15) is 0 Å². The van der Waals surface area contributed by atoms with Crippen molar-refractivity contribution in [3.63, 3.8) is 0 Å². The number of aromatic hydroxyl groups is 2. The minimum atomic E-state index is -0.968. The average Bonchev–Trinajstić information content (AvgIpc) is 2.08. The fourth-order valence-corrected chi connectivity index (χ4v) is 0.952. The van der Waals surface area contributed by atoms with Crippen LogP contribution < -0.4 is 0 Å². The number of hydrogen-bond donors (Lipinski definition) is 3. The quantitative estimate of drug-likeness (QED) is 0.602. The van der Waals surface area contributed by atoms with Gasteiger partial charge in [0.2, 0.25) is 0 Å².